The number of amides is 1. The van der Waals surface area contributed by atoms with E-state index in [0.717, 1.165) is 5.56 Å². The normalized spacial score (nSPS) is 11.4. The van der Waals surface area contributed by atoms with Gasteiger partial charge in [0.15, 0.2) is 0 Å². The monoisotopic (exact) mass is 225 g/mol. The molecule has 7 nitrogen and oxygen atoms in total. The number of carbonyl (C=O) groups excluding carboxylic acids is 1. The number of nitrogens with zero attached hydrogens (tertiary/aromatic N) is 3. The molecule has 1 aromatic heterocycles. The molecule has 0 atom stereocenters. The van der Waals surface area contributed by atoms with Crippen molar-refractivity contribution >= 4 is 11.7 Å². The van der Waals surface area contributed by atoms with Crippen molar-refractivity contribution in [2.75, 3.05) is 6.54 Å². The molecule has 0 aliphatic heterocycles. The number of carbonyl (C=O) groups is 1. The van der Waals surface area contributed by atoms with E-state index in [1.54, 1.807) is 10.9 Å². The Balaban J connectivity index is 2.23. The second kappa shape index (κ2) is 5.74. The third kappa shape index (κ3) is 3.99. The number of oxime groups is 1. The number of amidine groups is 1. The fourth-order valence-electron chi connectivity index (χ4n) is 1.16. The van der Waals surface area contributed by atoms with E-state index in [1.165, 1.54) is 0 Å². The zero-order valence-electron chi connectivity index (χ0n) is 9.05. The van der Waals surface area contributed by atoms with E-state index in [2.05, 4.69) is 15.6 Å². The maximum absolute atomic E-state index is 11.2. The van der Waals surface area contributed by atoms with Crippen LogP contribution in [0.25, 0.3) is 0 Å². The van der Waals surface area contributed by atoms with Crippen LogP contribution in [0.5, 0.6) is 0 Å². The molecule has 0 bridgehead atoms. The summed E-state index contributed by atoms with van der Waals surface area (Å²) in [5, 5.41) is 17.7. The van der Waals surface area contributed by atoms with Crippen LogP contribution >= 0.6 is 0 Å². The molecule has 1 heterocycles. The van der Waals surface area contributed by atoms with E-state index in [1.807, 2.05) is 13.1 Å². The van der Waals surface area contributed by atoms with E-state index in [9.17, 15) is 4.79 Å². The molecule has 0 aliphatic carbocycles. The molecule has 0 saturated carbocycles. The lowest BCUT2D eigenvalue weighted by Gasteiger charge is -2.04. The molecule has 0 fully saturated rings. The first-order valence-electron chi connectivity index (χ1n) is 4.84. The van der Waals surface area contributed by atoms with Crippen LogP contribution in [-0.4, -0.2) is 33.3 Å². The zero-order chi connectivity index (χ0) is 12.0. The second-order valence-corrected chi connectivity index (χ2v) is 3.40. The first-order valence-corrected chi connectivity index (χ1v) is 4.84. The van der Waals surface area contributed by atoms with Gasteiger partial charge in [-0.1, -0.05) is 5.16 Å². The van der Waals surface area contributed by atoms with Crippen LogP contribution in [-0.2, 0) is 11.3 Å². The summed E-state index contributed by atoms with van der Waals surface area (Å²) in [6.45, 7) is 2.99. The third-order valence-electron chi connectivity index (χ3n) is 1.90. The van der Waals surface area contributed by atoms with Crippen molar-refractivity contribution in [3.05, 3.63) is 18.0 Å². The Morgan fingerprint density at radius 1 is 1.75 bits per heavy atom. The minimum Gasteiger partial charge on any atom is -0.409 e. The number of nitrogens with two attached hydrogens (primary N) is 1. The molecular weight excluding hydrogens is 210 g/mol. The first kappa shape index (κ1) is 12.0. The van der Waals surface area contributed by atoms with Gasteiger partial charge in [-0.25, -0.2) is 0 Å². The van der Waals surface area contributed by atoms with Gasteiger partial charge in [-0.2, -0.15) is 5.10 Å². The van der Waals surface area contributed by atoms with Crippen molar-refractivity contribution in [3.63, 3.8) is 0 Å². The molecule has 0 saturated heterocycles. The minimum absolute atomic E-state index is 0.103. The lowest BCUT2D eigenvalue weighted by Crippen LogP contribution is -2.31. The summed E-state index contributed by atoms with van der Waals surface area (Å²) >= 11 is 0. The highest BCUT2D eigenvalue weighted by atomic mass is 16.4. The maximum Gasteiger partial charge on any atom is 0.227 e. The van der Waals surface area contributed by atoms with Crippen LogP contribution < -0.4 is 11.1 Å². The van der Waals surface area contributed by atoms with Crippen molar-refractivity contribution in [2.45, 2.75) is 19.9 Å². The fourth-order valence-corrected chi connectivity index (χ4v) is 1.16. The lowest BCUT2D eigenvalue weighted by atomic mass is 10.4. The Hall–Kier alpha value is -2.05. The molecule has 4 N–H and O–H groups in total. The number of nitrogens with one attached hydrogen (secondary N) is 1. The highest BCUT2D eigenvalue weighted by Crippen LogP contribution is 1.92. The van der Waals surface area contributed by atoms with Crippen molar-refractivity contribution < 1.29 is 10.0 Å². The summed E-state index contributed by atoms with van der Waals surface area (Å²) in [6, 6.07) is 0. The molecule has 16 heavy (non-hydrogen) atoms. The summed E-state index contributed by atoms with van der Waals surface area (Å²) in [5.41, 5.74) is 6.25. The summed E-state index contributed by atoms with van der Waals surface area (Å²) in [6.07, 6.45) is 3.53. The van der Waals surface area contributed by atoms with Gasteiger partial charge >= 0.3 is 0 Å². The summed E-state index contributed by atoms with van der Waals surface area (Å²) in [4.78, 5) is 11.2. The molecule has 0 unspecified atom stereocenters. The molecule has 1 aromatic rings. The van der Waals surface area contributed by atoms with Crippen LogP contribution in [0, 0.1) is 6.92 Å². The Bertz CT molecular complexity index is 385. The standard InChI is InChI=1S/C9H15N5O2/c1-7-5-12-14(6-7)3-2-11-9(15)4-8(10)13-16/h5-6,16H,2-4H2,1H3,(H2,10,13)(H,11,15). The number of hydrogen-bond acceptors (Lipinski definition) is 4. The van der Waals surface area contributed by atoms with Gasteiger partial charge in [-0.05, 0) is 12.5 Å². The van der Waals surface area contributed by atoms with E-state index in [4.69, 9.17) is 10.9 Å². The summed E-state index contributed by atoms with van der Waals surface area (Å²) in [5.74, 6) is -0.383. The van der Waals surface area contributed by atoms with E-state index in [-0.39, 0.29) is 18.2 Å². The molecule has 1 rings (SSSR count). The Morgan fingerprint density at radius 2 is 2.50 bits per heavy atom. The van der Waals surface area contributed by atoms with Crippen LogP contribution in [0.3, 0.4) is 0 Å². The van der Waals surface area contributed by atoms with Crippen LogP contribution in [0.2, 0.25) is 0 Å². The van der Waals surface area contributed by atoms with Gasteiger partial charge in [-0.15, -0.1) is 0 Å². The van der Waals surface area contributed by atoms with Crippen LogP contribution in [0.4, 0.5) is 0 Å². The van der Waals surface area contributed by atoms with E-state index >= 15 is 0 Å². The number of hydrogen-bond donors (Lipinski definition) is 3. The average molecular weight is 225 g/mol. The van der Waals surface area contributed by atoms with Crippen molar-refractivity contribution in [2.24, 2.45) is 10.9 Å². The van der Waals surface area contributed by atoms with Gasteiger partial charge in [-0.3, -0.25) is 9.48 Å². The van der Waals surface area contributed by atoms with Gasteiger partial charge in [0.25, 0.3) is 0 Å². The van der Waals surface area contributed by atoms with Gasteiger partial charge < -0.3 is 16.3 Å². The second-order valence-electron chi connectivity index (χ2n) is 3.40. The highest BCUT2D eigenvalue weighted by molar-refractivity contribution is 5.98. The number of aryl methyl sites for hydroxylation is 1. The van der Waals surface area contributed by atoms with Gasteiger partial charge in [0.05, 0.1) is 19.2 Å². The third-order valence-corrected chi connectivity index (χ3v) is 1.90. The van der Waals surface area contributed by atoms with Crippen molar-refractivity contribution in [1.29, 1.82) is 0 Å². The van der Waals surface area contributed by atoms with Gasteiger partial charge in [0.1, 0.15) is 5.84 Å². The van der Waals surface area contributed by atoms with E-state index in [0.29, 0.717) is 13.1 Å². The molecule has 0 spiro atoms. The zero-order valence-corrected chi connectivity index (χ0v) is 9.05. The number of aromatic nitrogens is 2. The molecule has 0 radical (unpaired) electrons. The maximum atomic E-state index is 11.2. The summed E-state index contributed by atoms with van der Waals surface area (Å²) in [7, 11) is 0. The topological polar surface area (TPSA) is 106 Å². The van der Waals surface area contributed by atoms with E-state index < -0.39 is 0 Å². The smallest absolute Gasteiger partial charge is 0.227 e. The Labute approximate surface area is 92.9 Å². The van der Waals surface area contributed by atoms with Crippen molar-refractivity contribution in [1.82, 2.24) is 15.1 Å². The predicted octanol–water partition coefficient (Wildman–Crippen LogP) is -0.556. The van der Waals surface area contributed by atoms with Crippen LogP contribution in [0.1, 0.15) is 12.0 Å². The largest absolute Gasteiger partial charge is 0.409 e. The molecule has 88 valence electrons. The van der Waals surface area contributed by atoms with Gasteiger partial charge in [0, 0.05) is 12.7 Å². The summed E-state index contributed by atoms with van der Waals surface area (Å²) < 4.78 is 1.74. The predicted molar refractivity (Wildman–Crippen MR) is 58.0 cm³/mol. The first-order chi connectivity index (χ1) is 7.61. The molecule has 0 aliphatic rings. The SMILES string of the molecule is Cc1cnn(CCNC(=O)CC(N)=NO)c1. The van der Waals surface area contributed by atoms with Crippen molar-refractivity contribution in [3.8, 4) is 0 Å². The fraction of sp³-hybridized carbons (Fsp3) is 0.444. The molecule has 1 amide bonds. The highest BCUT2D eigenvalue weighted by Gasteiger charge is 2.03. The lowest BCUT2D eigenvalue weighted by molar-refractivity contribution is -0.119. The average Bonchev–Trinajstić information content (AvgIpc) is 2.64. The number of rotatable bonds is 5. The van der Waals surface area contributed by atoms with Crippen LogP contribution in [0.15, 0.2) is 17.5 Å². The Morgan fingerprint density at radius 3 is 3.06 bits per heavy atom. The molecule has 7 heteroatoms. The molecular formula is C9H15N5O2. The quantitative estimate of drug-likeness (QED) is 0.270. The minimum atomic E-state index is -0.279. The van der Waals surface area contributed by atoms with Gasteiger partial charge in [0.2, 0.25) is 5.91 Å². The Kier molecular flexibility index (Phi) is 4.31. The molecule has 0 aromatic carbocycles.